The molecule has 0 bridgehead atoms. The summed E-state index contributed by atoms with van der Waals surface area (Å²) in [6.07, 6.45) is -3.59. The van der Waals surface area contributed by atoms with E-state index < -0.39 is 35.0 Å². The number of alkyl halides is 3. The number of pyridine rings is 1. The number of anilines is 2. The number of H-pyrrole nitrogens is 1. The highest BCUT2D eigenvalue weighted by Gasteiger charge is 2.35. The van der Waals surface area contributed by atoms with Gasteiger partial charge in [-0.25, -0.2) is 19.6 Å². The predicted molar refractivity (Wildman–Crippen MR) is 137 cm³/mol. The lowest BCUT2D eigenvalue weighted by Crippen LogP contribution is -2.44. The molecule has 3 aromatic rings. The summed E-state index contributed by atoms with van der Waals surface area (Å²) in [6, 6.07) is 3.92. The van der Waals surface area contributed by atoms with Gasteiger partial charge in [0.05, 0.1) is 29.7 Å². The molecule has 3 amide bonds. The molecule has 0 saturated heterocycles. The smallest absolute Gasteiger partial charge is 0.416 e. The minimum Gasteiger partial charge on any atom is -0.488 e. The second kappa shape index (κ2) is 11.4. The highest BCUT2D eigenvalue weighted by Crippen LogP contribution is 2.35. The van der Waals surface area contributed by atoms with Crippen LogP contribution in [0, 0.1) is 6.92 Å². The van der Waals surface area contributed by atoms with Crippen molar-refractivity contribution in [1.29, 1.82) is 0 Å². The minimum atomic E-state index is -4.74. The van der Waals surface area contributed by atoms with Gasteiger partial charge < -0.3 is 30.8 Å². The summed E-state index contributed by atoms with van der Waals surface area (Å²) in [4.78, 5) is 46.4. The zero-order valence-electron chi connectivity index (χ0n) is 21.5. The number of carbonyl (C=O) groups is 2. The third-order valence-corrected chi connectivity index (χ3v) is 5.41. The zero-order valence-corrected chi connectivity index (χ0v) is 21.5. The summed E-state index contributed by atoms with van der Waals surface area (Å²) < 4.78 is 46.6. The van der Waals surface area contributed by atoms with Gasteiger partial charge in [0.25, 0.3) is 5.56 Å². The second-order valence-corrected chi connectivity index (χ2v) is 9.15. The topological polar surface area (TPSA) is 158 Å². The molecule has 0 aliphatic carbocycles. The summed E-state index contributed by atoms with van der Waals surface area (Å²) in [5.74, 6) is 0.352. The first kappa shape index (κ1) is 28.9. The predicted octanol–water partition coefficient (Wildman–Crippen LogP) is 4.79. The van der Waals surface area contributed by atoms with E-state index in [4.69, 9.17) is 9.84 Å². The van der Waals surface area contributed by atoms with Gasteiger partial charge in [-0.3, -0.25) is 4.79 Å². The van der Waals surface area contributed by atoms with Crippen LogP contribution in [0.25, 0.3) is 11.4 Å². The number of benzene rings is 1. The fraction of sp³-hybridized carbons (Fsp3) is 0.320. The number of aromatic amines is 1. The quantitative estimate of drug-likeness (QED) is 0.271. The highest BCUT2D eigenvalue weighted by atomic mass is 19.4. The van der Waals surface area contributed by atoms with E-state index in [1.165, 1.54) is 44.4 Å². The molecule has 2 heterocycles. The van der Waals surface area contributed by atoms with Crippen LogP contribution in [0.3, 0.4) is 0 Å². The third-order valence-electron chi connectivity index (χ3n) is 5.41. The molecule has 14 heteroatoms. The van der Waals surface area contributed by atoms with Crippen molar-refractivity contribution in [3.05, 3.63) is 63.8 Å². The minimum absolute atomic E-state index is 0.101. The zero-order chi connectivity index (χ0) is 29.0. The van der Waals surface area contributed by atoms with Gasteiger partial charge in [-0.15, -0.1) is 0 Å². The number of hydrogen-bond donors (Lipinski definition) is 5. The monoisotopic (exact) mass is 548 g/mol. The molecule has 39 heavy (non-hydrogen) atoms. The van der Waals surface area contributed by atoms with Crippen LogP contribution in [0.15, 0.2) is 41.5 Å². The van der Waals surface area contributed by atoms with Gasteiger partial charge in [-0.05, 0) is 57.9 Å². The van der Waals surface area contributed by atoms with Crippen LogP contribution >= 0.6 is 0 Å². The molecule has 0 aliphatic rings. The molecule has 5 N–H and O–H groups in total. The number of nitrogens with one attached hydrogen (secondary N) is 4. The van der Waals surface area contributed by atoms with Crippen LogP contribution in [0.4, 0.5) is 34.1 Å². The van der Waals surface area contributed by atoms with E-state index in [1.807, 2.05) is 0 Å². The van der Waals surface area contributed by atoms with Crippen LogP contribution in [0.1, 0.15) is 37.6 Å². The third kappa shape index (κ3) is 7.69. The van der Waals surface area contributed by atoms with E-state index in [9.17, 15) is 27.6 Å². The SMILES string of the molecule is CCOc1cc(-c2ncc(NC(=O)Nc3ccc(CC(C)(C)NC(=O)O)c(C(F)(F)F)c3)c(C)n2)c[nH]c1=O. The summed E-state index contributed by atoms with van der Waals surface area (Å²) in [5.41, 5.74) is -1.80. The number of aromatic nitrogens is 3. The summed E-state index contributed by atoms with van der Waals surface area (Å²) in [6.45, 7) is 6.55. The van der Waals surface area contributed by atoms with Crippen molar-refractivity contribution < 1.29 is 32.6 Å². The van der Waals surface area contributed by atoms with Crippen molar-refractivity contribution in [3.8, 4) is 17.1 Å². The molecule has 11 nitrogen and oxygen atoms in total. The number of carboxylic acid groups (broad SMARTS) is 1. The van der Waals surface area contributed by atoms with E-state index in [2.05, 4.69) is 30.9 Å². The van der Waals surface area contributed by atoms with Crippen molar-refractivity contribution in [2.24, 2.45) is 0 Å². The summed E-state index contributed by atoms with van der Waals surface area (Å²) >= 11 is 0. The van der Waals surface area contributed by atoms with Crippen molar-refractivity contribution >= 4 is 23.5 Å². The van der Waals surface area contributed by atoms with E-state index in [-0.39, 0.29) is 41.5 Å². The number of ether oxygens (including phenoxy) is 1. The van der Waals surface area contributed by atoms with E-state index >= 15 is 0 Å². The molecule has 0 saturated carbocycles. The van der Waals surface area contributed by atoms with E-state index in [0.29, 0.717) is 11.3 Å². The molecule has 0 spiro atoms. The van der Waals surface area contributed by atoms with Crippen molar-refractivity contribution in [2.45, 2.75) is 45.8 Å². The van der Waals surface area contributed by atoms with Crippen LogP contribution in [-0.2, 0) is 12.6 Å². The lowest BCUT2D eigenvalue weighted by atomic mass is 9.91. The Kier molecular flexibility index (Phi) is 8.47. The number of carbonyl (C=O) groups excluding carboxylic acids is 1. The van der Waals surface area contributed by atoms with Crippen molar-refractivity contribution in [1.82, 2.24) is 20.3 Å². The number of halogens is 3. The van der Waals surface area contributed by atoms with Crippen molar-refractivity contribution in [2.75, 3.05) is 17.2 Å². The van der Waals surface area contributed by atoms with Crippen LogP contribution in [0.2, 0.25) is 0 Å². The molecule has 0 radical (unpaired) electrons. The van der Waals surface area contributed by atoms with Crippen molar-refractivity contribution in [3.63, 3.8) is 0 Å². The lowest BCUT2D eigenvalue weighted by molar-refractivity contribution is -0.138. The molecular formula is C25H27F3N6O5. The van der Waals surface area contributed by atoms with Crippen LogP contribution in [-0.4, -0.2) is 44.3 Å². The Bertz CT molecular complexity index is 1440. The Labute approximate surface area is 220 Å². The van der Waals surface area contributed by atoms with E-state index in [0.717, 1.165) is 6.07 Å². The van der Waals surface area contributed by atoms with Gasteiger partial charge in [-0.1, -0.05) is 6.07 Å². The average Bonchev–Trinajstić information content (AvgIpc) is 2.81. The Morgan fingerprint density at radius 3 is 2.49 bits per heavy atom. The average molecular weight is 549 g/mol. The fourth-order valence-electron chi connectivity index (χ4n) is 3.75. The maximum Gasteiger partial charge on any atom is 0.416 e. The maximum absolute atomic E-state index is 13.8. The van der Waals surface area contributed by atoms with E-state index in [1.54, 1.807) is 13.8 Å². The number of nitrogens with zero attached hydrogens (tertiary/aromatic N) is 2. The molecule has 0 atom stereocenters. The molecule has 0 unspecified atom stereocenters. The van der Waals surface area contributed by atoms with Gasteiger partial charge in [0.1, 0.15) is 0 Å². The number of hydrogen-bond acceptors (Lipinski definition) is 6. The highest BCUT2D eigenvalue weighted by molar-refractivity contribution is 6.00. The second-order valence-electron chi connectivity index (χ2n) is 9.15. The largest absolute Gasteiger partial charge is 0.488 e. The molecule has 208 valence electrons. The Morgan fingerprint density at radius 1 is 1.15 bits per heavy atom. The van der Waals surface area contributed by atoms with Gasteiger partial charge in [-0.2, -0.15) is 13.2 Å². The molecule has 1 aromatic carbocycles. The van der Waals surface area contributed by atoms with Crippen LogP contribution < -0.4 is 26.2 Å². The van der Waals surface area contributed by atoms with Crippen LogP contribution in [0.5, 0.6) is 5.75 Å². The molecule has 3 rings (SSSR count). The lowest BCUT2D eigenvalue weighted by Gasteiger charge is -2.26. The first-order valence-electron chi connectivity index (χ1n) is 11.7. The van der Waals surface area contributed by atoms with Gasteiger partial charge >= 0.3 is 18.3 Å². The molecular weight excluding hydrogens is 521 g/mol. The number of rotatable bonds is 8. The Morgan fingerprint density at radius 2 is 1.87 bits per heavy atom. The fourth-order valence-corrected chi connectivity index (χ4v) is 3.75. The van der Waals surface area contributed by atoms with Gasteiger partial charge in [0, 0.05) is 23.0 Å². The molecule has 2 aromatic heterocycles. The van der Waals surface area contributed by atoms with Gasteiger partial charge in [0.15, 0.2) is 11.6 Å². The normalized spacial score (nSPS) is 11.6. The first-order chi connectivity index (χ1) is 18.2. The molecule has 0 fully saturated rings. The molecule has 0 aliphatic heterocycles. The Balaban J connectivity index is 1.77. The maximum atomic E-state index is 13.8. The number of amides is 3. The van der Waals surface area contributed by atoms with Gasteiger partial charge in [0.2, 0.25) is 0 Å². The first-order valence-corrected chi connectivity index (χ1v) is 11.7. The number of urea groups is 1. The Hall–Kier alpha value is -4.62. The number of aryl methyl sites for hydroxylation is 1. The summed E-state index contributed by atoms with van der Waals surface area (Å²) in [7, 11) is 0. The standard InChI is InChI=1S/C25H27F3N6O5/c1-5-39-19-8-15(11-30-21(19)35)20-29-12-18(13(2)31-20)33-22(36)32-16-7-6-14(17(9-16)25(26,27)28)10-24(3,4)34-23(37)38/h6-9,11-12,34H,5,10H2,1-4H3,(H,30,35)(H,37,38)(H2,32,33,36). The summed E-state index contributed by atoms with van der Waals surface area (Å²) in [5, 5.41) is 16.0.